The van der Waals surface area contributed by atoms with Crippen molar-refractivity contribution >= 4 is 5.70 Å². The van der Waals surface area contributed by atoms with Gasteiger partial charge in [-0.1, -0.05) is 30.3 Å². The molecule has 1 saturated heterocycles. The van der Waals surface area contributed by atoms with E-state index in [-0.39, 0.29) is 12.2 Å². The molecule has 1 aromatic heterocycles. The molecule has 1 aliphatic heterocycles. The van der Waals surface area contributed by atoms with Crippen molar-refractivity contribution < 1.29 is 20.1 Å². The molecule has 3 rings (SSSR count). The number of aliphatic hydroxyl groups excluding tert-OH is 3. The summed E-state index contributed by atoms with van der Waals surface area (Å²) in [7, 11) is 0. The SMILES string of the molecule is N/C(=C\N(N)Cn1cc(C2OC(CO)C(O)C2O)c(=O)[nH]c1=O)c1ccccc1. The molecule has 2 aromatic rings. The number of benzene rings is 1. The van der Waals surface area contributed by atoms with Gasteiger partial charge in [0.05, 0.1) is 17.9 Å². The van der Waals surface area contributed by atoms with Crippen LogP contribution in [0.25, 0.3) is 5.70 Å². The van der Waals surface area contributed by atoms with E-state index in [2.05, 4.69) is 4.98 Å². The minimum atomic E-state index is -1.44. The molecule has 11 heteroatoms. The fourth-order valence-corrected chi connectivity index (χ4v) is 3.09. The van der Waals surface area contributed by atoms with Crippen LogP contribution in [0.1, 0.15) is 17.2 Å². The first-order valence-electron chi connectivity index (χ1n) is 8.82. The number of hydrogen-bond donors (Lipinski definition) is 6. The maximum absolute atomic E-state index is 12.2. The third-order valence-electron chi connectivity index (χ3n) is 4.62. The molecule has 0 spiro atoms. The summed E-state index contributed by atoms with van der Waals surface area (Å²) in [4.78, 5) is 26.5. The Kier molecular flexibility index (Phi) is 6.15. The van der Waals surface area contributed by atoms with Gasteiger partial charge < -0.3 is 25.8 Å². The van der Waals surface area contributed by atoms with Crippen molar-refractivity contribution in [2.75, 3.05) is 6.61 Å². The van der Waals surface area contributed by atoms with Crippen LogP contribution in [-0.4, -0.2) is 54.8 Å². The van der Waals surface area contributed by atoms with E-state index in [1.807, 2.05) is 18.2 Å². The summed E-state index contributed by atoms with van der Waals surface area (Å²) in [5, 5.41) is 30.4. The van der Waals surface area contributed by atoms with Gasteiger partial charge in [-0.2, -0.15) is 0 Å². The topological polar surface area (TPSA) is 180 Å². The van der Waals surface area contributed by atoms with Crippen LogP contribution in [0.2, 0.25) is 0 Å². The van der Waals surface area contributed by atoms with Crippen molar-refractivity contribution in [1.29, 1.82) is 0 Å². The molecule has 29 heavy (non-hydrogen) atoms. The number of aromatic amines is 1. The molecule has 1 fully saturated rings. The zero-order valence-electron chi connectivity index (χ0n) is 15.4. The van der Waals surface area contributed by atoms with Crippen LogP contribution in [0.15, 0.2) is 52.3 Å². The van der Waals surface area contributed by atoms with E-state index in [9.17, 15) is 24.9 Å². The van der Waals surface area contributed by atoms with Gasteiger partial charge in [-0.15, -0.1) is 0 Å². The first kappa shape index (κ1) is 20.8. The Hall–Kier alpha value is -2.96. The molecule has 0 saturated carbocycles. The van der Waals surface area contributed by atoms with Crippen LogP contribution in [-0.2, 0) is 11.4 Å². The number of hydrazine groups is 1. The number of nitrogens with two attached hydrogens (primary N) is 2. The minimum Gasteiger partial charge on any atom is -0.397 e. The highest BCUT2D eigenvalue weighted by Gasteiger charge is 2.44. The number of hydrogen-bond acceptors (Lipinski definition) is 9. The van der Waals surface area contributed by atoms with Crippen molar-refractivity contribution in [3.8, 4) is 0 Å². The van der Waals surface area contributed by atoms with Gasteiger partial charge >= 0.3 is 5.69 Å². The number of aromatic nitrogens is 2. The zero-order valence-corrected chi connectivity index (χ0v) is 15.4. The summed E-state index contributed by atoms with van der Waals surface area (Å²) in [6, 6.07) is 9.07. The third kappa shape index (κ3) is 4.39. The fraction of sp³-hybridized carbons (Fsp3) is 0.333. The summed E-state index contributed by atoms with van der Waals surface area (Å²) in [5.74, 6) is 5.92. The van der Waals surface area contributed by atoms with Crippen molar-refractivity contribution in [2.45, 2.75) is 31.1 Å². The molecule has 0 bridgehead atoms. The van der Waals surface area contributed by atoms with Gasteiger partial charge in [0.15, 0.2) is 0 Å². The van der Waals surface area contributed by atoms with E-state index in [4.69, 9.17) is 16.3 Å². The third-order valence-corrected chi connectivity index (χ3v) is 4.62. The quantitative estimate of drug-likeness (QED) is 0.229. The number of ether oxygens (including phenoxy) is 1. The average Bonchev–Trinajstić information content (AvgIpc) is 2.99. The Morgan fingerprint density at radius 3 is 2.55 bits per heavy atom. The maximum Gasteiger partial charge on any atom is 0.329 e. The normalized spacial score (nSPS) is 24.6. The monoisotopic (exact) mass is 405 g/mol. The van der Waals surface area contributed by atoms with Gasteiger partial charge in [0.1, 0.15) is 31.1 Å². The molecule has 0 aliphatic carbocycles. The predicted molar refractivity (Wildman–Crippen MR) is 103 cm³/mol. The van der Waals surface area contributed by atoms with Gasteiger partial charge in [0.25, 0.3) is 5.56 Å². The zero-order chi connectivity index (χ0) is 21.1. The average molecular weight is 405 g/mol. The van der Waals surface area contributed by atoms with Crippen LogP contribution >= 0.6 is 0 Å². The van der Waals surface area contributed by atoms with E-state index < -0.39 is 42.3 Å². The van der Waals surface area contributed by atoms with E-state index in [0.717, 1.165) is 15.1 Å². The van der Waals surface area contributed by atoms with Crippen LogP contribution in [0.4, 0.5) is 0 Å². The highest BCUT2D eigenvalue weighted by atomic mass is 16.6. The summed E-state index contributed by atoms with van der Waals surface area (Å²) < 4.78 is 6.46. The number of H-pyrrole nitrogens is 1. The van der Waals surface area contributed by atoms with E-state index in [0.29, 0.717) is 5.70 Å². The lowest BCUT2D eigenvalue weighted by Crippen LogP contribution is -2.39. The molecule has 1 aliphatic rings. The Morgan fingerprint density at radius 2 is 1.93 bits per heavy atom. The minimum absolute atomic E-state index is 0.0829. The molecule has 8 N–H and O–H groups in total. The lowest BCUT2D eigenvalue weighted by atomic mass is 10.0. The Balaban J connectivity index is 1.85. The molecule has 2 heterocycles. The number of nitrogens with zero attached hydrogens (tertiary/aromatic N) is 2. The van der Waals surface area contributed by atoms with Crippen LogP contribution in [0.3, 0.4) is 0 Å². The molecule has 0 radical (unpaired) electrons. The second-order valence-electron chi connectivity index (χ2n) is 6.68. The maximum atomic E-state index is 12.2. The standard InChI is InChI=1S/C18H23N5O6/c19-12(10-4-2-1-3-5-10)7-23(20)9-22-6-11(17(27)21-18(22)28)16-15(26)14(25)13(8-24)29-16/h1-7,13-16,24-26H,8-9,19-20H2,(H,21,27,28)/b12-7-. The predicted octanol–water partition coefficient (Wildman–Crippen LogP) is -2.22. The fourth-order valence-electron chi connectivity index (χ4n) is 3.09. The summed E-state index contributed by atoms with van der Waals surface area (Å²) in [6.45, 7) is -0.697. The van der Waals surface area contributed by atoms with Crippen LogP contribution in [0.5, 0.6) is 0 Å². The molecule has 156 valence electrons. The second-order valence-corrected chi connectivity index (χ2v) is 6.68. The van der Waals surface area contributed by atoms with Crippen molar-refractivity contribution in [1.82, 2.24) is 14.6 Å². The van der Waals surface area contributed by atoms with Gasteiger partial charge in [-0.05, 0) is 5.56 Å². The molecule has 4 unspecified atom stereocenters. The van der Waals surface area contributed by atoms with E-state index in [1.165, 1.54) is 12.4 Å². The van der Waals surface area contributed by atoms with E-state index in [1.54, 1.807) is 12.1 Å². The van der Waals surface area contributed by atoms with Gasteiger partial charge in [-0.25, -0.2) is 10.6 Å². The first-order chi connectivity index (χ1) is 13.8. The van der Waals surface area contributed by atoms with Crippen LogP contribution < -0.4 is 22.8 Å². The Labute approximate surface area is 165 Å². The molecule has 4 atom stereocenters. The first-order valence-corrected chi connectivity index (χ1v) is 8.82. The molecular weight excluding hydrogens is 382 g/mol. The second kappa shape index (κ2) is 8.59. The van der Waals surface area contributed by atoms with Crippen molar-refractivity contribution in [3.05, 3.63) is 74.7 Å². The van der Waals surface area contributed by atoms with E-state index >= 15 is 0 Å². The lowest BCUT2D eigenvalue weighted by molar-refractivity contribution is -0.0234. The van der Waals surface area contributed by atoms with Crippen molar-refractivity contribution in [3.63, 3.8) is 0 Å². The van der Waals surface area contributed by atoms with Crippen LogP contribution in [0, 0.1) is 0 Å². The highest BCUT2D eigenvalue weighted by molar-refractivity contribution is 5.61. The summed E-state index contributed by atoms with van der Waals surface area (Å²) >= 11 is 0. The number of aliphatic hydroxyl groups is 3. The Morgan fingerprint density at radius 1 is 1.24 bits per heavy atom. The molecule has 0 amide bonds. The lowest BCUT2D eigenvalue weighted by Gasteiger charge is -2.19. The molecule has 11 nitrogen and oxygen atoms in total. The van der Waals surface area contributed by atoms with Gasteiger partial charge in [-0.3, -0.25) is 19.4 Å². The summed E-state index contributed by atoms with van der Waals surface area (Å²) in [5.41, 5.74) is 5.52. The number of rotatable bonds is 6. The molecular formula is C18H23N5O6. The number of nitrogens with one attached hydrogen (secondary N) is 1. The largest absolute Gasteiger partial charge is 0.397 e. The van der Waals surface area contributed by atoms with Gasteiger partial charge in [0, 0.05) is 12.4 Å². The van der Waals surface area contributed by atoms with Crippen molar-refractivity contribution in [2.24, 2.45) is 11.6 Å². The summed E-state index contributed by atoms with van der Waals surface area (Å²) in [6.07, 6.45) is -2.46. The highest BCUT2D eigenvalue weighted by Crippen LogP contribution is 2.31. The molecule has 1 aromatic carbocycles. The van der Waals surface area contributed by atoms with Gasteiger partial charge in [0.2, 0.25) is 0 Å². The Bertz CT molecular complexity index is 988. The smallest absolute Gasteiger partial charge is 0.329 e.